The van der Waals surface area contributed by atoms with Crippen LogP contribution in [0.1, 0.15) is 25.7 Å². The first-order valence-corrected chi connectivity index (χ1v) is 7.56. The van der Waals surface area contributed by atoms with E-state index in [0.717, 1.165) is 25.7 Å². The molecule has 2 aliphatic rings. The van der Waals surface area contributed by atoms with Gasteiger partial charge in [-0.3, -0.25) is 0 Å². The molecule has 6 nitrogen and oxygen atoms in total. The Morgan fingerprint density at radius 3 is 2.70 bits per heavy atom. The van der Waals surface area contributed by atoms with Crippen LogP contribution < -0.4 is 0 Å². The number of fused-ring (bicyclic) bond motifs is 1. The second kappa shape index (κ2) is 8.02. The molecule has 7 heteroatoms. The van der Waals surface area contributed by atoms with E-state index in [2.05, 4.69) is 0 Å². The number of hydrogen-bond acceptors (Lipinski definition) is 6. The molecule has 20 heavy (non-hydrogen) atoms. The molecule has 0 aromatic carbocycles. The molecule has 0 aliphatic carbocycles. The van der Waals surface area contributed by atoms with Gasteiger partial charge in [0.1, 0.15) is 18.3 Å². The third kappa shape index (κ3) is 4.22. The van der Waals surface area contributed by atoms with Crippen LogP contribution in [0.5, 0.6) is 0 Å². The molecule has 0 amide bonds. The molecule has 0 bridgehead atoms. The standard InChI is InChI=1S/C13H21ClO6/c14-5-3-1-2-4-6-17-13(16)20-10-8-19-11-9(15)7-18-12(10)11/h9-12,15H,1-8H2. The van der Waals surface area contributed by atoms with E-state index >= 15 is 0 Å². The highest BCUT2D eigenvalue weighted by molar-refractivity contribution is 6.17. The van der Waals surface area contributed by atoms with Crippen molar-refractivity contribution in [2.45, 2.75) is 50.1 Å². The Balaban J connectivity index is 1.58. The summed E-state index contributed by atoms with van der Waals surface area (Å²) in [6.45, 7) is 0.786. The molecule has 0 saturated carbocycles. The molecule has 2 rings (SSSR count). The maximum absolute atomic E-state index is 11.5. The van der Waals surface area contributed by atoms with E-state index in [0.29, 0.717) is 12.5 Å². The van der Waals surface area contributed by atoms with Crippen LogP contribution in [0, 0.1) is 0 Å². The van der Waals surface area contributed by atoms with Crippen LogP contribution in [0.4, 0.5) is 4.79 Å². The summed E-state index contributed by atoms with van der Waals surface area (Å²) in [4.78, 5) is 11.5. The fraction of sp³-hybridized carbons (Fsp3) is 0.923. The molecule has 2 heterocycles. The Hall–Kier alpha value is -0.560. The van der Waals surface area contributed by atoms with Crippen LogP contribution in [-0.4, -0.2) is 61.4 Å². The van der Waals surface area contributed by atoms with Crippen molar-refractivity contribution >= 4 is 17.8 Å². The van der Waals surface area contributed by atoms with E-state index in [1.54, 1.807) is 0 Å². The Kier molecular flexibility index (Phi) is 6.35. The van der Waals surface area contributed by atoms with Crippen LogP contribution in [-0.2, 0) is 18.9 Å². The molecule has 1 N–H and O–H groups in total. The summed E-state index contributed by atoms with van der Waals surface area (Å²) in [5.74, 6) is 0.666. The van der Waals surface area contributed by atoms with Gasteiger partial charge < -0.3 is 24.1 Å². The van der Waals surface area contributed by atoms with Crippen molar-refractivity contribution in [1.29, 1.82) is 0 Å². The van der Waals surface area contributed by atoms with Crippen molar-refractivity contribution in [3.63, 3.8) is 0 Å². The van der Waals surface area contributed by atoms with Crippen LogP contribution in [0.3, 0.4) is 0 Å². The number of alkyl halides is 1. The molecule has 0 radical (unpaired) electrons. The van der Waals surface area contributed by atoms with Crippen molar-refractivity contribution in [1.82, 2.24) is 0 Å². The highest BCUT2D eigenvalue weighted by atomic mass is 35.5. The van der Waals surface area contributed by atoms with E-state index in [9.17, 15) is 9.90 Å². The van der Waals surface area contributed by atoms with E-state index in [-0.39, 0.29) is 19.3 Å². The van der Waals surface area contributed by atoms with Crippen molar-refractivity contribution < 1.29 is 28.8 Å². The SMILES string of the molecule is O=C(OCCCCCCCl)OC1COC2C(O)COC12. The third-order valence-corrected chi connectivity index (χ3v) is 3.74. The quantitative estimate of drug-likeness (QED) is 0.436. The lowest BCUT2D eigenvalue weighted by molar-refractivity contribution is -0.0324. The zero-order chi connectivity index (χ0) is 14.4. The molecular formula is C13H21ClO6. The van der Waals surface area contributed by atoms with Crippen molar-refractivity contribution in [2.75, 3.05) is 25.7 Å². The average Bonchev–Trinajstić information content (AvgIpc) is 2.99. The smallest absolute Gasteiger partial charge is 0.434 e. The van der Waals surface area contributed by atoms with Crippen LogP contribution in [0.2, 0.25) is 0 Å². The summed E-state index contributed by atoms with van der Waals surface area (Å²) < 4.78 is 20.9. The number of rotatable bonds is 7. The lowest BCUT2D eigenvalue weighted by atomic mass is 10.1. The monoisotopic (exact) mass is 308 g/mol. The first-order chi connectivity index (χ1) is 9.72. The number of unbranched alkanes of at least 4 members (excludes halogenated alkanes) is 3. The Labute approximate surface area is 123 Å². The van der Waals surface area contributed by atoms with E-state index in [1.165, 1.54) is 0 Å². The topological polar surface area (TPSA) is 74.2 Å². The molecule has 2 saturated heterocycles. The summed E-state index contributed by atoms with van der Waals surface area (Å²) in [5, 5.41) is 9.56. The van der Waals surface area contributed by atoms with Crippen LogP contribution in [0.15, 0.2) is 0 Å². The second-order valence-corrected chi connectivity index (χ2v) is 5.40. The fourth-order valence-electron chi connectivity index (χ4n) is 2.41. The first kappa shape index (κ1) is 15.8. The predicted molar refractivity (Wildman–Crippen MR) is 70.9 cm³/mol. The highest BCUT2D eigenvalue weighted by Gasteiger charge is 2.49. The minimum Gasteiger partial charge on any atom is -0.434 e. The maximum Gasteiger partial charge on any atom is 0.508 e. The molecule has 2 fully saturated rings. The summed E-state index contributed by atoms with van der Waals surface area (Å²) in [6, 6.07) is 0. The lowest BCUT2D eigenvalue weighted by Gasteiger charge is -2.16. The Morgan fingerprint density at radius 2 is 1.90 bits per heavy atom. The van der Waals surface area contributed by atoms with Crippen molar-refractivity contribution in [2.24, 2.45) is 0 Å². The van der Waals surface area contributed by atoms with Gasteiger partial charge in [-0.05, 0) is 12.8 Å². The van der Waals surface area contributed by atoms with E-state index < -0.39 is 24.5 Å². The van der Waals surface area contributed by atoms with Crippen LogP contribution in [0.25, 0.3) is 0 Å². The number of aliphatic hydroxyl groups is 1. The summed E-state index contributed by atoms with van der Waals surface area (Å²) in [5.41, 5.74) is 0. The number of hydrogen-bond donors (Lipinski definition) is 1. The first-order valence-electron chi connectivity index (χ1n) is 7.03. The van der Waals surface area contributed by atoms with Gasteiger partial charge in [0.25, 0.3) is 0 Å². The van der Waals surface area contributed by atoms with E-state index in [4.69, 9.17) is 30.5 Å². The van der Waals surface area contributed by atoms with Crippen molar-refractivity contribution in [3.8, 4) is 0 Å². The summed E-state index contributed by atoms with van der Waals surface area (Å²) in [6.07, 6.45) is 1.15. The molecule has 116 valence electrons. The van der Waals surface area contributed by atoms with Gasteiger partial charge in [0.2, 0.25) is 0 Å². The average molecular weight is 309 g/mol. The number of carbonyl (C=O) groups is 1. The Bertz CT molecular complexity index is 313. The lowest BCUT2D eigenvalue weighted by Crippen LogP contribution is -2.34. The summed E-state index contributed by atoms with van der Waals surface area (Å²) in [7, 11) is 0. The molecule has 0 spiro atoms. The molecule has 0 aromatic rings. The zero-order valence-electron chi connectivity index (χ0n) is 11.3. The van der Waals surface area contributed by atoms with Gasteiger partial charge in [-0.2, -0.15) is 0 Å². The van der Waals surface area contributed by atoms with E-state index in [1.807, 2.05) is 0 Å². The Morgan fingerprint density at radius 1 is 1.15 bits per heavy atom. The molecule has 4 unspecified atom stereocenters. The molecular weight excluding hydrogens is 288 g/mol. The van der Waals surface area contributed by atoms with Gasteiger partial charge in [-0.1, -0.05) is 12.8 Å². The van der Waals surface area contributed by atoms with Gasteiger partial charge in [0, 0.05) is 5.88 Å². The minimum absolute atomic E-state index is 0.213. The van der Waals surface area contributed by atoms with Crippen LogP contribution >= 0.6 is 11.6 Å². The van der Waals surface area contributed by atoms with Gasteiger partial charge in [-0.15, -0.1) is 11.6 Å². The second-order valence-electron chi connectivity index (χ2n) is 5.02. The molecule has 2 aliphatic heterocycles. The normalized spacial score (nSPS) is 32.1. The number of ether oxygens (including phenoxy) is 4. The van der Waals surface area contributed by atoms with Crippen molar-refractivity contribution in [3.05, 3.63) is 0 Å². The highest BCUT2D eigenvalue weighted by Crippen LogP contribution is 2.28. The van der Waals surface area contributed by atoms with Gasteiger partial charge >= 0.3 is 6.16 Å². The summed E-state index contributed by atoms with van der Waals surface area (Å²) >= 11 is 5.57. The maximum atomic E-state index is 11.5. The van der Waals surface area contributed by atoms with Gasteiger partial charge in [0.15, 0.2) is 6.10 Å². The van der Waals surface area contributed by atoms with Gasteiger partial charge in [-0.25, -0.2) is 4.79 Å². The molecule has 4 atom stereocenters. The number of aliphatic hydroxyl groups excluding tert-OH is 1. The molecule has 0 aromatic heterocycles. The predicted octanol–water partition coefficient (Wildman–Crippen LogP) is 1.47. The minimum atomic E-state index is -0.707. The largest absolute Gasteiger partial charge is 0.508 e. The zero-order valence-corrected chi connectivity index (χ0v) is 12.1. The number of carbonyl (C=O) groups excluding carboxylic acids is 1. The number of halogens is 1. The fourth-order valence-corrected chi connectivity index (χ4v) is 2.60. The third-order valence-electron chi connectivity index (χ3n) is 3.48. The van der Waals surface area contributed by atoms with Gasteiger partial charge in [0.05, 0.1) is 19.8 Å².